The fraction of sp³-hybridized carbons (Fsp3) is 0.0455. The van der Waals surface area contributed by atoms with E-state index in [-0.39, 0.29) is 11.7 Å². The number of benzene rings is 3. The molecule has 0 saturated heterocycles. The van der Waals surface area contributed by atoms with Crippen molar-refractivity contribution < 1.29 is 14.1 Å². The Morgan fingerprint density at radius 3 is 2.30 bits per heavy atom. The van der Waals surface area contributed by atoms with Crippen LogP contribution >= 0.6 is 0 Å². The first-order valence-electron chi connectivity index (χ1n) is 8.49. The molecule has 0 aliphatic carbocycles. The van der Waals surface area contributed by atoms with E-state index in [2.05, 4.69) is 10.5 Å². The van der Waals surface area contributed by atoms with Gasteiger partial charge in [-0.25, -0.2) is 0 Å². The standard InChI is InChI=1S/C22H16N2O3/c1-14(25)15-7-10-18(11-8-15)23-22(26)17-9-12-20-19(13-17)21(27-24-20)16-5-3-2-4-6-16/h2-13H,1H3,(H,23,26). The fourth-order valence-corrected chi connectivity index (χ4v) is 2.87. The van der Waals surface area contributed by atoms with Gasteiger partial charge in [0.1, 0.15) is 5.52 Å². The molecule has 1 aromatic heterocycles. The largest absolute Gasteiger partial charge is 0.355 e. The highest BCUT2D eigenvalue weighted by atomic mass is 16.5. The molecule has 0 bridgehead atoms. The van der Waals surface area contributed by atoms with Crippen LogP contribution in [0.2, 0.25) is 0 Å². The lowest BCUT2D eigenvalue weighted by Gasteiger charge is -2.06. The second-order valence-electron chi connectivity index (χ2n) is 6.20. The van der Waals surface area contributed by atoms with Gasteiger partial charge in [-0.2, -0.15) is 0 Å². The molecule has 0 saturated carbocycles. The van der Waals surface area contributed by atoms with Crippen LogP contribution in [0, 0.1) is 0 Å². The summed E-state index contributed by atoms with van der Waals surface area (Å²) < 4.78 is 5.48. The molecular weight excluding hydrogens is 340 g/mol. The van der Waals surface area contributed by atoms with Gasteiger partial charge in [-0.05, 0) is 49.4 Å². The smallest absolute Gasteiger partial charge is 0.255 e. The van der Waals surface area contributed by atoms with E-state index in [0.29, 0.717) is 28.1 Å². The first kappa shape index (κ1) is 16.7. The van der Waals surface area contributed by atoms with Crippen molar-refractivity contribution in [3.05, 3.63) is 83.9 Å². The molecule has 5 nitrogen and oxygen atoms in total. The molecular formula is C22H16N2O3. The number of ketones is 1. The summed E-state index contributed by atoms with van der Waals surface area (Å²) in [7, 11) is 0. The summed E-state index contributed by atoms with van der Waals surface area (Å²) in [6, 6.07) is 21.7. The summed E-state index contributed by atoms with van der Waals surface area (Å²) in [6.07, 6.45) is 0. The third-order valence-corrected chi connectivity index (χ3v) is 4.32. The minimum atomic E-state index is -0.243. The lowest BCUT2D eigenvalue weighted by molar-refractivity contribution is 0.101. The van der Waals surface area contributed by atoms with Crippen molar-refractivity contribution in [2.75, 3.05) is 5.32 Å². The Hall–Kier alpha value is -3.73. The number of fused-ring (bicyclic) bond motifs is 1. The highest BCUT2D eigenvalue weighted by molar-refractivity contribution is 6.07. The Labute approximate surface area is 155 Å². The van der Waals surface area contributed by atoms with Crippen molar-refractivity contribution in [2.45, 2.75) is 6.92 Å². The van der Waals surface area contributed by atoms with Crippen LogP contribution in [-0.2, 0) is 0 Å². The average molecular weight is 356 g/mol. The SMILES string of the molecule is CC(=O)c1ccc(NC(=O)c2ccc3noc(-c4ccccc4)c3c2)cc1. The third-order valence-electron chi connectivity index (χ3n) is 4.32. The van der Waals surface area contributed by atoms with E-state index in [9.17, 15) is 9.59 Å². The lowest BCUT2D eigenvalue weighted by atomic mass is 10.1. The molecule has 0 aliphatic rings. The van der Waals surface area contributed by atoms with Crippen molar-refractivity contribution in [3.8, 4) is 11.3 Å². The van der Waals surface area contributed by atoms with Gasteiger partial charge in [-0.1, -0.05) is 35.5 Å². The van der Waals surface area contributed by atoms with E-state index in [0.717, 1.165) is 10.9 Å². The third kappa shape index (κ3) is 3.35. The van der Waals surface area contributed by atoms with Crippen molar-refractivity contribution in [1.82, 2.24) is 5.16 Å². The van der Waals surface area contributed by atoms with Crippen molar-refractivity contribution in [1.29, 1.82) is 0 Å². The molecule has 4 rings (SSSR count). The zero-order chi connectivity index (χ0) is 18.8. The van der Waals surface area contributed by atoms with Crippen LogP contribution in [0.1, 0.15) is 27.6 Å². The monoisotopic (exact) mass is 356 g/mol. The maximum atomic E-state index is 12.6. The Bertz CT molecular complexity index is 1130. The average Bonchev–Trinajstić information content (AvgIpc) is 3.12. The number of nitrogens with one attached hydrogen (secondary N) is 1. The zero-order valence-electron chi connectivity index (χ0n) is 14.6. The first-order valence-corrected chi connectivity index (χ1v) is 8.49. The summed E-state index contributed by atoms with van der Waals surface area (Å²) in [5, 5.41) is 7.68. The van der Waals surface area contributed by atoms with Crippen molar-refractivity contribution >= 4 is 28.3 Å². The summed E-state index contributed by atoms with van der Waals surface area (Å²) in [5.74, 6) is 0.373. The predicted octanol–water partition coefficient (Wildman–Crippen LogP) is 4.95. The number of carbonyl (C=O) groups is 2. The Balaban J connectivity index is 1.63. The minimum Gasteiger partial charge on any atom is -0.355 e. The number of rotatable bonds is 4. The van der Waals surface area contributed by atoms with Crippen LogP contribution in [0.15, 0.2) is 77.3 Å². The molecule has 0 aliphatic heterocycles. The number of hydrogen-bond acceptors (Lipinski definition) is 4. The molecule has 5 heteroatoms. The van der Waals surface area contributed by atoms with Crippen molar-refractivity contribution in [2.24, 2.45) is 0 Å². The topological polar surface area (TPSA) is 72.2 Å². The van der Waals surface area contributed by atoms with E-state index in [1.807, 2.05) is 30.3 Å². The van der Waals surface area contributed by atoms with Gasteiger partial charge in [0.15, 0.2) is 11.5 Å². The van der Waals surface area contributed by atoms with E-state index >= 15 is 0 Å². The van der Waals surface area contributed by atoms with Gasteiger partial charge in [0, 0.05) is 22.4 Å². The van der Waals surface area contributed by atoms with Gasteiger partial charge in [-0.3, -0.25) is 9.59 Å². The zero-order valence-corrected chi connectivity index (χ0v) is 14.6. The summed E-state index contributed by atoms with van der Waals surface area (Å²) >= 11 is 0. The van der Waals surface area contributed by atoms with E-state index in [1.54, 1.807) is 42.5 Å². The molecule has 1 N–H and O–H groups in total. The maximum absolute atomic E-state index is 12.6. The van der Waals surface area contributed by atoms with Gasteiger partial charge < -0.3 is 9.84 Å². The number of Topliss-reactive ketones (excluding diaryl/α,β-unsaturated/α-hetero) is 1. The first-order chi connectivity index (χ1) is 13.1. The number of nitrogens with zero attached hydrogens (tertiary/aromatic N) is 1. The van der Waals surface area contributed by atoms with Gasteiger partial charge in [0.25, 0.3) is 5.91 Å². The van der Waals surface area contributed by atoms with E-state index in [4.69, 9.17) is 4.52 Å². The molecule has 0 fully saturated rings. The van der Waals surface area contributed by atoms with Gasteiger partial charge in [-0.15, -0.1) is 0 Å². The summed E-state index contributed by atoms with van der Waals surface area (Å²) in [6.45, 7) is 1.51. The molecule has 4 aromatic rings. The molecule has 27 heavy (non-hydrogen) atoms. The van der Waals surface area contributed by atoms with Gasteiger partial charge in [0.2, 0.25) is 0 Å². The highest BCUT2D eigenvalue weighted by Crippen LogP contribution is 2.29. The number of aromatic nitrogens is 1. The number of hydrogen-bond donors (Lipinski definition) is 1. The Morgan fingerprint density at radius 2 is 1.59 bits per heavy atom. The quantitative estimate of drug-likeness (QED) is 0.525. The van der Waals surface area contributed by atoms with Gasteiger partial charge in [0.05, 0.1) is 5.39 Å². The van der Waals surface area contributed by atoms with Gasteiger partial charge >= 0.3 is 0 Å². The molecule has 1 heterocycles. The maximum Gasteiger partial charge on any atom is 0.255 e. The molecule has 132 valence electrons. The molecule has 0 unspecified atom stereocenters. The normalized spacial score (nSPS) is 10.7. The molecule has 0 atom stereocenters. The summed E-state index contributed by atoms with van der Waals surface area (Å²) in [5.41, 5.74) is 3.32. The number of carbonyl (C=O) groups excluding carboxylic acids is 2. The van der Waals surface area contributed by atoms with E-state index in [1.165, 1.54) is 6.92 Å². The van der Waals surface area contributed by atoms with Crippen LogP contribution in [0.5, 0.6) is 0 Å². The number of amides is 1. The molecule has 1 amide bonds. The van der Waals surface area contributed by atoms with Crippen LogP contribution < -0.4 is 5.32 Å². The Kier molecular flexibility index (Phi) is 4.26. The predicted molar refractivity (Wildman–Crippen MR) is 104 cm³/mol. The highest BCUT2D eigenvalue weighted by Gasteiger charge is 2.14. The lowest BCUT2D eigenvalue weighted by Crippen LogP contribution is -2.11. The van der Waals surface area contributed by atoms with Crippen LogP contribution in [0.25, 0.3) is 22.2 Å². The van der Waals surface area contributed by atoms with Crippen LogP contribution in [0.4, 0.5) is 5.69 Å². The van der Waals surface area contributed by atoms with Crippen molar-refractivity contribution in [3.63, 3.8) is 0 Å². The molecule has 0 spiro atoms. The Morgan fingerprint density at radius 1 is 0.889 bits per heavy atom. The molecule has 0 radical (unpaired) electrons. The second kappa shape index (κ2) is 6.88. The fourth-order valence-electron chi connectivity index (χ4n) is 2.87. The van der Waals surface area contributed by atoms with Crippen LogP contribution in [0.3, 0.4) is 0 Å². The molecule has 3 aromatic carbocycles. The summed E-state index contributed by atoms with van der Waals surface area (Å²) in [4.78, 5) is 24.0. The minimum absolute atomic E-state index is 0.0146. The van der Waals surface area contributed by atoms with Crippen LogP contribution in [-0.4, -0.2) is 16.8 Å². The second-order valence-corrected chi connectivity index (χ2v) is 6.20. The number of anilines is 1. The van der Waals surface area contributed by atoms with E-state index < -0.39 is 0 Å².